The van der Waals surface area contributed by atoms with E-state index in [1.165, 1.54) is 11.7 Å². The summed E-state index contributed by atoms with van der Waals surface area (Å²) in [5.41, 5.74) is 7.68. The zero-order valence-electron chi connectivity index (χ0n) is 20.1. The van der Waals surface area contributed by atoms with Crippen molar-refractivity contribution in [1.29, 1.82) is 5.26 Å². The van der Waals surface area contributed by atoms with Crippen molar-refractivity contribution in [3.63, 3.8) is 0 Å². The third-order valence-corrected chi connectivity index (χ3v) is 6.77. The first kappa shape index (κ1) is 24.8. The van der Waals surface area contributed by atoms with Crippen LogP contribution >= 0.6 is 11.3 Å². The summed E-state index contributed by atoms with van der Waals surface area (Å²) in [6, 6.07) is 16.6. The lowest BCUT2D eigenvalue weighted by Crippen LogP contribution is -2.40. The molecular weight excluding hydrogens is 478 g/mol. The predicted molar refractivity (Wildman–Crippen MR) is 138 cm³/mol. The van der Waals surface area contributed by atoms with Crippen LogP contribution in [-0.4, -0.2) is 30.9 Å². The number of rotatable bonds is 7. The molecule has 0 bridgehead atoms. The Kier molecular flexibility index (Phi) is 7.27. The van der Waals surface area contributed by atoms with Gasteiger partial charge in [0.1, 0.15) is 22.0 Å². The van der Waals surface area contributed by atoms with Crippen molar-refractivity contribution in [3.05, 3.63) is 84.8 Å². The van der Waals surface area contributed by atoms with Crippen molar-refractivity contribution in [2.75, 3.05) is 20.3 Å². The van der Waals surface area contributed by atoms with Crippen molar-refractivity contribution >= 4 is 34.8 Å². The number of benzene rings is 2. The average molecular weight is 504 g/mol. The van der Waals surface area contributed by atoms with Gasteiger partial charge >= 0.3 is 5.97 Å². The topological polar surface area (TPSA) is 117 Å². The number of carbonyl (C=O) groups excluding carboxylic acids is 1. The van der Waals surface area contributed by atoms with Gasteiger partial charge in [0, 0.05) is 0 Å². The number of nitrogens with two attached hydrogens (primary N) is 1. The third kappa shape index (κ3) is 4.51. The second-order valence-electron chi connectivity index (χ2n) is 7.81. The van der Waals surface area contributed by atoms with Gasteiger partial charge in [0.15, 0.2) is 0 Å². The number of esters is 1. The highest BCUT2D eigenvalue weighted by atomic mass is 32.1. The maximum Gasteiger partial charge on any atom is 0.338 e. The number of aromatic nitrogens is 1. The van der Waals surface area contributed by atoms with Gasteiger partial charge in [0.2, 0.25) is 0 Å². The summed E-state index contributed by atoms with van der Waals surface area (Å²) in [5.74, 6) is -0.278. The number of methoxy groups -OCH3 is 1. The molecule has 4 rings (SSSR count). The van der Waals surface area contributed by atoms with E-state index in [2.05, 4.69) is 6.07 Å². The van der Waals surface area contributed by atoms with Gasteiger partial charge in [-0.2, -0.15) is 5.26 Å². The molecule has 0 saturated carbocycles. The van der Waals surface area contributed by atoms with Crippen molar-refractivity contribution in [2.45, 2.75) is 19.8 Å². The quantitative estimate of drug-likeness (QED) is 0.492. The number of nitrogens with zero attached hydrogens (tertiary/aromatic N) is 2. The minimum absolute atomic E-state index is 0.0303. The molecule has 1 aromatic heterocycles. The molecule has 2 N–H and O–H groups in total. The molecule has 1 atom stereocenters. The molecular formula is C27H25N3O5S. The van der Waals surface area contributed by atoms with E-state index in [1.54, 1.807) is 30.3 Å². The minimum Gasteiger partial charge on any atom is -0.494 e. The molecule has 1 unspecified atom stereocenters. The first-order chi connectivity index (χ1) is 17.4. The SMILES string of the molecule is CCOc1ccc(C=c2sc3n(c2=O)C(N)=C(C(=O)OC)C(c2cccc(OCC)c2)C=3C#N)cc1. The van der Waals surface area contributed by atoms with Crippen LogP contribution in [0.15, 0.2) is 58.9 Å². The van der Waals surface area contributed by atoms with E-state index >= 15 is 0 Å². The van der Waals surface area contributed by atoms with E-state index in [-0.39, 0.29) is 17.0 Å². The normalized spacial score (nSPS) is 15.3. The van der Waals surface area contributed by atoms with Gasteiger partial charge in [-0.3, -0.25) is 9.36 Å². The molecule has 0 aliphatic carbocycles. The number of nitriles is 1. The first-order valence-corrected chi connectivity index (χ1v) is 12.2. The van der Waals surface area contributed by atoms with Crippen LogP contribution in [-0.2, 0) is 9.53 Å². The van der Waals surface area contributed by atoms with Crippen LogP contribution < -0.4 is 30.0 Å². The molecule has 8 nitrogen and oxygen atoms in total. The van der Waals surface area contributed by atoms with E-state index in [0.717, 1.165) is 22.6 Å². The molecule has 0 fully saturated rings. The Morgan fingerprint density at radius 1 is 1.14 bits per heavy atom. The maximum atomic E-state index is 13.4. The molecule has 1 aliphatic rings. The van der Waals surface area contributed by atoms with E-state index in [4.69, 9.17) is 19.9 Å². The van der Waals surface area contributed by atoms with E-state index in [9.17, 15) is 14.9 Å². The van der Waals surface area contributed by atoms with Crippen molar-refractivity contribution in [3.8, 4) is 17.6 Å². The zero-order valence-corrected chi connectivity index (χ0v) is 20.9. The molecule has 0 amide bonds. The molecule has 9 heteroatoms. The summed E-state index contributed by atoms with van der Waals surface area (Å²) >= 11 is 1.15. The fourth-order valence-electron chi connectivity index (χ4n) is 4.12. The second-order valence-corrected chi connectivity index (χ2v) is 8.84. The van der Waals surface area contributed by atoms with E-state index in [0.29, 0.717) is 33.7 Å². The number of fused-ring (bicyclic) bond motifs is 1. The Labute approximate surface area is 211 Å². The Hall–Kier alpha value is -4.29. The van der Waals surface area contributed by atoms with Gasteiger partial charge in [-0.05, 0) is 55.3 Å². The van der Waals surface area contributed by atoms with Crippen LogP contribution in [0.5, 0.6) is 11.5 Å². The fourth-order valence-corrected chi connectivity index (χ4v) is 5.25. The van der Waals surface area contributed by atoms with Crippen LogP contribution in [0.4, 0.5) is 0 Å². The lowest BCUT2D eigenvalue weighted by atomic mass is 9.83. The van der Waals surface area contributed by atoms with Crippen LogP contribution in [0.25, 0.3) is 17.5 Å². The van der Waals surface area contributed by atoms with Gasteiger partial charge in [-0.15, -0.1) is 11.3 Å². The van der Waals surface area contributed by atoms with E-state index in [1.807, 2.05) is 38.1 Å². The lowest BCUT2D eigenvalue weighted by Gasteiger charge is -2.25. The van der Waals surface area contributed by atoms with Crippen molar-refractivity contribution < 1.29 is 19.0 Å². The molecule has 184 valence electrons. The maximum absolute atomic E-state index is 13.4. The summed E-state index contributed by atoms with van der Waals surface area (Å²) < 4.78 is 18.1. The Balaban J connectivity index is 1.97. The monoisotopic (exact) mass is 503 g/mol. The summed E-state index contributed by atoms with van der Waals surface area (Å²) in [5, 5.41) is 10.2. The number of hydrogen-bond donors (Lipinski definition) is 1. The van der Waals surface area contributed by atoms with Gasteiger partial charge in [-0.25, -0.2) is 4.79 Å². The summed E-state index contributed by atoms with van der Waals surface area (Å²) in [7, 11) is 1.24. The summed E-state index contributed by atoms with van der Waals surface area (Å²) in [4.78, 5) is 26.3. The Morgan fingerprint density at radius 3 is 2.47 bits per heavy atom. The predicted octanol–water partition coefficient (Wildman–Crippen LogP) is 2.31. The third-order valence-electron chi connectivity index (χ3n) is 5.67. The summed E-state index contributed by atoms with van der Waals surface area (Å²) in [6.45, 7) is 4.78. The minimum atomic E-state index is -0.820. The highest BCUT2D eigenvalue weighted by molar-refractivity contribution is 7.07. The first-order valence-electron chi connectivity index (χ1n) is 11.3. The molecule has 2 aromatic carbocycles. The van der Waals surface area contributed by atoms with Crippen LogP contribution in [0.1, 0.15) is 30.9 Å². The van der Waals surface area contributed by atoms with Crippen LogP contribution in [0, 0.1) is 11.3 Å². The second kappa shape index (κ2) is 10.5. The molecule has 3 aromatic rings. The van der Waals surface area contributed by atoms with E-state index < -0.39 is 17.4 Å². The standard InChI is InChI=1S/C27H25N3O5S/c1-4-34-18-11-9-16(10-12-18)13-21-25(31)30-24(29)23(27(32)33-3)22(20(15-28)26(30)36-21)17-7-6-8-19(14-17)35-5-2/h6-14,22H,4-5,29H2,1-3H3. The Bertz CT molecular complexity index is 1560. The highest BCUT2D eigenvalue weighted by Crippen LogP contribution is 2.37. The zero-order chi connectivity index (χ0) is 25.8. The average Bonchev–Trinajstić information content (AvgIpc) is 3.21. The smallest absolute Gasteiger partial charge is 0.338 e. The number of carbonyl (C=O) groups is 1. The van der Waals surface area contributed by atoms with Crippen LogP contribution in [0.2, 0.25) is 0 Å². The number of hydrogen-bond acceptors (Lipinski definition) is 8. The highest BCUT2D eigenvalue weighted by Gasteiger charge is 2.36. The molecule has 0 spiro atoms. The van der Waals surface area contributed by atoms with Gasteiger partial charge in [0.05, 0.1) is 48.0 Å². The number of ether oxygens (including phenoxy) is 3. The number of thiazole rings is 1. The molecule has 1 aliphatic heterocycles. The summed E-state index contributed by atoms with van der Waals surface area (Å²) in [6.07, 6.45) is 1.72. The van der Waals surface area contributed by atoms with Crippen molar-refractivity contribution in [1.82, 2.24) is 4.57 Å². The van der Waals surface area contributed by atoms with Gasteiger partial charge in [-0.1, -0.05) is 24.3 Å². The van der Waals surface area contributed by atoms with Crippen molar-refractivity contribution in [2.24, 2.45) is 5.73 Å². The fraction of sp³-hybridized carbons (Fsp3) is 0.222. The molecule has 0 saturated heterocycles. The molecule has 2 heterocycles. The largest absolute Gasteiger partial charge is 0.494 e. The van der Waals surface area contributed by atoms with Gasteiger partial charge < -0.3 is 19.9 Å². The lowest BCUT2D eigenvalue weighted by molar-refractivity contribution is -0.136. The van der Waals surface area contributed by atoms with Crippen LogP contribution in [0.3, 0.4) is 0 Å². The molecule has 36 heavy (non-hydrogen) atoms. The molecule has 0 radical (unpaired) electrons. The van der Waals surface area contributed by atoms with Gasteiger partial charge in [0.25, 0.3) is 5.56 Å². The Morgan fingerprint density at radius 2 is 1.83 bits per heavy atom.